The molecule has 0 bridgehead atoms. The third kappa shape index (κ3) is 9.62. The van der Waals surface area contributed by atoms with Gasteiger partial charge in [0, 0.05) is 42.4 Å². The number of aliphatic hydroxyl groups is 4. The number of hydrogen-bond donors (Lipinski definition) is 7. The van der Waals surface area contributed by atoms with E-state index < -0.39 is 72.2 Å². The summed E-state index contributed by atoms with van der Waals surface area (Å²) in [4.78, 5) is 69.1. The van der Waals surface area contributed by atoms with Crippen molar-refractivity contribution in [3.8, 4) is 5.75 Å². The Morgan fingerprint density at radius 3 is 2.42 bits per heavy atom. The van der Waals surface area contributed by atoms with Gasteiger partial charge in [0.05, 0.1) is 37.0 Å². The fourth-order valence-corrected chi connectivity index (χ4v) is 15.7. The number of aliphatic hydroxyl groups excluding tert-OH is 3. The fourth-order valence-electron chi connectivity index (χ4n) is 15.7. The molecule has 8 N–H and O–H groups in total. The average molecular weight is 998 g/mol. The Morgan fingerprint density at radius 2 is 1.67 bits per heavy atom. The first kappa shape index (κ1) is 52.8. The van der Waals surface area contributed by atoms with Crippen LogP contribution in [-0.2, 0) is 30.3 Å². The van der Waals surface area contributed by atoms with Gasteiger partial charge in [-0.05, 0) is 173 Å². The Hall–Kier alpha value is -4.09. The summed E-state index contributed by atoms with van der Waals surface area (Å²) in [5.41, 5.74) is 5.66. The molecule has 1 heterocycles. The summed E-state index contributed by atoms with van der Waals surface area (Å²) in [6.45, 7) is 8.49. The summed E-state index contributed by atoms with van der Waals surface area (Å²) in [7, 11) is 1.42. The van der Waals surface area contributed by atoms with Gasteiger partial charge in [-0.2, -0.15) is 0 Å². The number of amides is 2. The number of Topliss-reactive ketones (excluding diaryl/α,β-unsaturated/α-hetero) is 1. The van der Waals surface area contributed by atoms with E-state index in [4.69, 9.17) is 19.9 Å². The second-order valence-corrected chi connectivity index (χ2v) is 23.6. The number of ether oxygens (including phenoxy) is 3. The summed E-state index contributed by atoms with van der Waals surface area (Å²) < 4.78 is 18.1. The summed E-state index contributed by atoms with van der Waals surface area (Å²) in [5.74, 6) is 1.52. The van der Waals surface area contributed by atoms with Crippen molar-refractivity contribution in [2.75, 3.05) is 20.3 Å². The lowest BCUT2D eigenvalue weighted by Gasteiger charge is -2.61. The first-order chi connectivity index (χ1) is 34.3. The van der Waals surface area contributed by atoms with Crippen LogP contribution in [0.2, 0.25) is 0 Å². The van der Waals surface area contributed by atoms with Crippen molar-refractivity contribution in [3.63, 3.8) is 0 Å². The third-order valence-electron chi connectivity index (χ3n) is 19.7. The second-order valence-electron chi connectivity index (χ2n) is 23.6. The minimum Gasteiger partial charge on any atom is -0.496 e. The van der Waals surface area contributed by atoms with Crippen LogP contribution in [0, 0.1) is 46.3 Å². The lowest BCUT2D eigenvalue weighted by molar-refractivity contribution is -0.249. The van der Waals surface area contributed by atoms with Gasteiger partial charge in [0.25, 0.3) is 0 Å². The van der Waals surface area contributed by atoms with Crippen LogP contribution in [0.4, 0.5) is 0 Å². The van der Waals surface area contributed by atoms with E-state index in [2.05, 4.69) is 31.4 Å². The zero-order valence-electron chi connectivity index (χ0n) is 43.0. The molecule has 1 aliphatic heterocycles. The molecule has 0 radical (unpaired) electrons. The Balaban J connectivity index is 0.857. The standard InChI is InChI=1S/C57H79N3O12/c1-30(40-15-16-41-35-14-13-33-24-34(62)18-20-55(33,3)42(35)19-21-56(40,41)4)12-17-48(64)59-43(10-6-7-22-58)54(68)60-44-26-49(71-31(2)51(44)65)72-46-28-57(69,47(63)29-61)27-32-23-38-39(25-37(32)46)53(67)50-36(52(38)66)9-8-11-45(50)70-5/h8-9,11,23,25,30-31,33-35,40-44,46,49,51,61-62,65,69H,6-7,10,12-22,24,26-29,58H2,1-5H3,(H,59,64)(H,60,68)/t30-,31?,33-,34-,35+,40-,41?,42+,43?,44?,46?,49?,51?,55+,56-,57+/m1/s1. The lowest BCUT2D eigenvalue weighted by Crippen LogP contribution is -2.59. The van der Waals surface area contributed by atoms with Crippen molar-refractivity contribution in [1.82, 2.24) is 10.6 Å². The van der Waals surface area contributed by atoms with Gasteiger partial charge in [-0.25, -0.2) is 0 Å². The highest BCUT2D eigenvalue weighted by molar-refractivity contribution is 6.29. The van der Waals surface area contributed by atoms with E-state index in [0.717, 1.165) is 37.5 Å². The number of nitrogens with one attached hydrogen (secondary N) is 2. The van der Waals surface area contributed by atoms with Gasteiger partial charge in [-0.1, -0.05) is 32.9 Å². The number of unbranched alkanes of at least 4 members (excludes halogenated alkanes) is 1. The van der Waals surface area contributed by atoms with Crippen LogP contribution < -0.4 is 21.1 Å². The Bertz CT molecular complexity index is 2410. The van der Waals surface area contributed by atoms with E-state index in [1.54, 1.807) is 31.2 Å². The number of carbonyl (C=O) groups is 5. The van der Waals surface area contributed by atoms with E-state index in [1.807, 2.05) is 0 Å². The summed E-state index contributed by atoms with van der Waals surface area (Å²) >= 11 is 0. The fraction of sp³-hybridized carbons (Fsp3) is 0.702. The number of fused-ring (bicyclic) bond motifs is 8. The highest BCUT2D eigenvalue weighted by atomic mass is 16.7. The van der Waals surface area contributed by atoms with Crippen LogP contribution in [0.15, 0.2) is 30.3 Å². The molecular weight excluding hydrogens is 919 g/mol. The summed E-state index contributed by atoms with van der Waals surface area (Å²) in [5, 5.41) is 49.6. The first-order valence-corrected chi connectivity index (χ1v) is 27.1. The molecule has 15 nitrogen and oxygen atoms in total. The van der Waals surface area contributed by atoms with Gasteiger partial charge in [0.2, 0.25) is 11.8 Å². The molecule has 9 rings (SSSR count). The summed E-state index contributed by atoms with van der Waals surface area (Å²) in [6.07, 6.45) is 8.07. The molecule has 1 saturated heterocycles. The van der Waals surface area contributed by atoms with Crippen LogP contribution in [0.5, 0.6) is 5.75 Å². The van der Waals surface area contributed by atoms with Gasteiger partial charge in [-0.3, -0.25) is 24.0 Å². The average Bonchev–Trinajstić information content (AvgIpc) is 3.72. The molecule has 6 aliphatic carbocycles. The number of methoxy groups -OCH3 is 1. The van der Waals surface area contributed by atoms with Gasteiger partial charge in [0.15, 0.2) is 23.6 Å². The van der Waals surface area contributed by atoms with E-state index in [1.165, 1.54) is 51.7 Å². The van der Waals surface area contributed by atoms with Gasteiger partial charge < -0.3 is 51.0 Å². The van der Waals surface area contributed by atoms with Crippen molar-refractivity contribution in [2.24, 2.45) is 52.1 Å². The van der Waals surface area contributed by atoms with Crippen molar-refractivity contribution < 1.29 is 58.6 Å². The number of ketones is 3. The van der Waals surface area contributed by atoms with E-state index in [0.29, 0.717) is 66.0 Å². The predicted octanol–water partition coefficient (Wildman–Crippen LogP) is 5.80. The van der Waals surface area contributed by atoms with Crippen molar-refractivity contribution in [3.05, 3.63) is 63.7 Å². The van der Waals surface area contributed by atoms with Gasteiger partial charge >= 0.3 is 0 Å². The van der Waals surface area contributed by atoms with Crippen molar-refractivity contribution in [1.29, 1.82) is 0 Å². The smallest absolute Gasteiger partial charge is 0.242 e. The Kier molecular flexibility index (Phi) is 15.3. The third-order valence-corrected chi connectivity index (χ3v) is 19.7. The molecule has 7 aliphatic rings. The van der Waals surface area contributed by atoms with E-state index >= 15 is 0 Å². The molecule has 4 saturated carbocycles. The van der Waals surface area contributed by atoms with Crippen LogP contribution in [0.1, 0.15) is 180 Å². The maximum Gasteiger partial charge on any atom is 0.242 e. The van der Waals surface area contributed by atoms with Gasteiger partial charge in [0.1, 0.15) is 30.1 Å². The number of nitrogens with two attached hydrogens (primary N) is 1. The molecule has 5 fully saturated rings. The molecule has 15 heteroatoms. The molecule has 0 spiro atoms. The molecular formula is C57H79N3O12. The molecule has 394 valence electrons. The maximum atomic E-state index is 14.2. The molecule has 7 unspecified atom stereocenters. The zero-order valence-corrected chi connectivity index (χ0v) is 43.0. The topological polar surface area (TPSA) is 244 Å². The van der Waals surface area contributed by atoms with Crippen LogP contribution in [-0.4, -0.2) is 112 Å². The highest BCUT2D eigenvalue weighted by Crippen LogP contribution is 2.68. The number of rotatable bonds is 16. The van der Waals surface area contributed by atoms with E-state index in [9.17, 15) is 44.4 Å². The van der Waals surface area contributed by atoms with E-state index in [-0.39, 0.29) is 71.1 Å². The summed E-state index contributed by atoms with van der Waals surface area (Å²) in [6, 6.07) is 6.05. The maximum absolute atomic E-state index is 14.2. The molecule has 2 amide bonds. The minimum atomic E-state index is -2.08. The second kappa shape index (κ2) is 20.9. The SMILES string of the molecule is COc1cccc2c1C(=O)c1cc3c(cc1C2=O)C[C@@](O)(C(=O)CO)CC3OC1CC(NC(=O)C(CCCCN)NC(=O)CC[C@@H](C)[C@H]2CCC3[C@@H]4CC[C@@H]5C[C@H](O)CC[C@]5(C)[C@H]4CC[C@@]32C)C(O)C(C)O1. The monoisotopic (exact) mass is 998 g/mol. The van der Waals surface area contributed by atoms with Crippen LogP contribution >= 0.6 is 0 Å². The van der Waals surface area contributed by atoms with Crippen molar-refractivity contribution in [2.45, 2.75) is 185 Å². The number of carbonyl (C=O) groups excluding carboxylic acids is 5. The minimum absolute atomic E-state index is 0.0466. The predicted molar refractivity (Wildman–Crippen MR) is 267 cm³/mol. The van der Waals surface area contributed by atoms with Crippen LogP contribution in [0.3, 0.4) is 0 Å². The number of benzene rings is 2. The number of hydrogen-bond acceptors (Lipinski definition) is 13. The van der Waals surface area contributed by atoms with Crippen molar-refractivity contribution >= 4 is 29.2 Å². The molecule has 72 heavy (non-hydrogen) atoms. The molecule has 0 aromatic heterocycles. The Morgan fingerprint density at radius 1 is 0.917 bits per heavy atom. The molecule has 16 atom stereocenters. The molecule has 2 aromatic rings. The quantitative estimate of drug-likeness (QED) is 0.0841. The van der Waals surface area contributed by atoms with Crippen LogP contribution in [0.25, 0.3) is 0 Å². The normalized spacial score (nSPS) is 36.6. The van der Waals surface area contributed by atoms with Gasteiger partial charge in [-0.15, -0.1) is 0 Å². The Labute approximate surface area is 424 Å². The lowest BCUT2D eigenvalue weighted by atomic mass is 9.44. The molecule has 2 aromatic carbocycles. The zero-order chi connectivity index (χ0) is 51.4. The largest absolute Gasteiger partial charge is 0.496 e. The first-order valence-electron chi connectivity index (χ1n) is 27.1. The highest BCUT2D eigenvalue weighted by Gasteiger charge is 2.60.